The summed E-state index contributed by atoms with van der Waals surface area (Å²) in [5, 5.41) is 1.55. The summed E-state index contributed by atoms with van der Waals surface area (Å²) in [6.45, 7) is 3.48. The Labute approximate surface area is 163 Å². The van der Waals surface area contributed by atoms with E-state index in [0.29, 0.717) is 24.5 Å². The molecular formula is C19H29N3O3S2. The molecule has 0 unspecified atom stereocenters. The second-order valence-electron chi connectivity index (χ2n) is 7.60. The van der Waals surface area contributed by atoms with Gasteiger partial charge < -0.3 is 4.90 Å². The Morgan fingerprint density at radius 3 is 2.70 bits per heavy atom. The highest BCUT2D eigenvalue weighted by molar-refractivity contribution is 8.01. The number of thiol groups is 1. The summed E-state index contributed by atoms with van der Waals surface area (Å²) < 4.78 is 40.0. The fourth-order valence-electron chi connectivity index (χ4n) is 3.54. The zero-order valence-corrected chi connectivity index (χ0v) is 17.8. The number of fused-ring (bicyclic) bond motifs is 1. The molecule has 0 radical (unpaired) electrons. The lowest BCUT2D eigenvalue weighted by molar-refractivity contribution is 0.288. The third-order valence-corrected chi connectivity index (χ3v) is 8.33. The van der Waals surface area contributed by atoms with E-state index in [2.05, 4.69) is 9.88 Å². The van der Waals surface area contributed by atoms with Crippen molar-refractivity contribution in [3.05, 3.63) is 36.7 Å². The minimum atomic E-state index is -3.54. The van der Waals surface area contributed by atoms with Crippen LogP contribution in [0.15, 0.2) is 41.6 Å². The first-order valence-electron chi connectivity index (χ1n) is 9.37. The number of benzene rings is 1. The van der Waals surface area contributed by atoms with E-state index in [1.165, 1.54) is 0 Å². The van der Waals surface area contributed by atoms with Crippen LogP contribution < -0.4 is 0 Å². The Bertz CT molecular complexity index is 935. The van der Waals surface area contributed by atoms with Crippen molar-refractivity contribution in [2.45, 2.75) is 17.7 Å². The molecule has 2 heterocycles. The number of aromatic nitrogens is 1. The molecule has 0 N–H and O–H groups in total. The average molecular weight is 412 g/mol. The van der Waals surface area contributed by atoms with Gasteiger partial charge in [-0.3, -0.25) is 9.19 Å². The standard InChI is InChI=1S/C19H29N3O3S2/c1-26(2,23)15-5-11-21-10-4-12-22(14-13-21)27(24,25)19-7-3-6-17-16-20-9-8-18(17)19/h3,6-9,16,26H,4-5,10-15H2,1-2H3. The summed E-state index contributed by atoms with van der Waals surface area (Å²) >= 11 is 0. The second-order valence-corrected chi connectivity index (χ2v) is 13.1. The fourth-order valence-corrected chi connectivity index (χ4v) is 6.13. The van der Waals surface area contributed by atoms with Crippen LogP contribution in [-0.4, -0.2) is 77.8 Å². The maximum absolute atomic E-state index is 13.3. The molecule has 1 saturated heterocycles. The first kappa shape index (κ1) is 20.4. The SMILES string of the molecule is C[SH](C)(=O)CCCN1CCCN(S(=O)(=O)c2cccc3cnccc23)CC1. The zero-order valence-electron chi connectivity index (χ0n) is 16.0. The predicted molar refractivity (Wildman–Crippen MR) is 112 cm³/mol. The number of hydrogen-bond acceptors (Lipinski definition) is 5. The van der Waals surface area contributed by atoms with Crippen LogP contribution in [0.3, 0.4) is 0 Å². The smallest absolute Gasteiger partial charge is 0.243 e. The van der Waals surface area contributed by atoms with Gasteiger partial charge >= 0.3 is 0 Å². The van der Waals surface area contributed by atoms with E-state index in [0.717, 1.165) is 42.5 Å². The second kappa shape index (κ2) is 8.34. The van der Waals surface area contributed by atoms with Crippen LogP contribution >= 0.6 is 0 Å². The van der Waals surface area contributed by atoms with Gasteiger partial charge in [-0.05, 0) is 50.6 Å². The molecule has 0 saturated carbocycles. The van der Waals surface area contributed by atoms with Gasteiger partial charge in [0, 0.05) is 48.6 Å². The van der Waals surface area contributed by atoms with Crippen LogP contribution in [0.25, 0.3) is 10.8 Å². The molecule has 1 aromatic heterocycles. The summed E-state index contributed by atoms with van der Waals surface area (Å²) in [4.78, 5) is 6.73. The van der Waals surface area contributed by atoms with E-state index in [1.807, 2.05) is 18.6 Å². The molecule has 150 valence electrons. The maximum Gasteiger partial charge on any atom is 0.243 e. The largest absolute Gasteiger partial charge is 0.302 e. The van der Waals surface area contributed by atoms with Crippen molar-refractivity contribution in [1.29, 1.82) is 0 Å². The third kappa shape index (κ3) is 5.13. The molecule has 6 nitrogen and oxygen atoms in total. The van der Waals surface area contributed by atoms with E-state index in [1.54, 1.807) is 34.9 Å². The maximum atomic E-state index is 13.3. The molecule has 8 heteroatoms. The Balaban J connectivity index is 1.72. The van der Waals surface area contributed by atoms with Gasteiger partial charge in [0.1, 0.15) is 0 Å². The molecule has 0 spiro atoms. The van der Waals surface area contributed by atoms with Gasteiger partial charge in [-0.2, -0.15) is 4.31 Å². The van der Waals surface area contributed by atoms with Crippen molar-refractivity contribution < 1.29 is 12.6 Å². The predicted octanol–water partition coefficient (Wildman–Crippen LogP) is 1.60. The first-order valence-corrected chi connectivity index (χ1v) is 13.6. The summed E-state index contributed by atoms with van der Waals surface area (Å²) in [5.41, 5.74) is 0. The lowest BCUT2D eigenvalue weighted by Crippen LogP contribution is -2.35. The van der Waals surface area contributed by atoms with Crippen molar-refractivity contribution in [1.82, 2.24) is 14.2 Å². The number of nitrogens with zero attached hydrogens (tertiary/aromatic N) is 3. The Kier molecular flexibility index (Phi) is 6.30. The molecular weight excluding hydrogens is 382 g/mol. The zero-order chi connectivity index (χ0) is 19.5. The summed E-state index contributed by atoms with van der Waals surface area (Å²) in [6, 6.07) is 7.10. The van der Waals surface area contributed by atoms with Crippen molar-refractivity contribution in [2.24, 2.45) is 0 Å². The van der Waals surface area contributed by atoms with E-state index >= 15 is 0 Å². The van der Waals surface area contributed by atoms with E-state index in [4.69, 9.17) is 0 Å². The monoisotopic (exact) mass is 411 g/mol. The minimum absolute atomic E-state index is 0.355. The van der Waals surface area contributed by atoms with E-state index in [9.17, 15) is 12.6 Å². The highest BCUT2D eigenvalue weighted by Gasteiger charge is 2.28. The van der Waals surface area contributed by atoms with E-state index < -0.39 is 20.0 Å². The van der Waals surface area contributed by atoms with Crippen LogP contribution in [0.1, 0.15) is 12.8 Å². The molecule has 0 amide bonds. The molecule has 1 aliphatic heterocycles. The van der Waals surface area contributed by atoms with Crippen molar-refractivity contribution in [2.75, 3.05) is 51.0 Å². The van der Waals surface area contributed by atoms with Gasteiger partial charge in [0.15, 0.2) is 0 Å². The van der Waals surface area contributed by atoms with E-state index in [-0.39, 0.29) is 0 Å². The number of sulfonamides is 1. The van der Waals surface area contributed by atoms with Gasteiger partial charge in [0.25, 0.3) is 0 Å². The molecule has 3 rings (SSSR count). The number of hydrogen-bond donors (Lipinski definition) is 1. The van der Waals surface area contributed by atoms with Gasteiger partial charge in [0.2, 0.25) is 10.0 Å². The quantitative estimate of drug-likeness (QED) is 0.731. The van der Waals surface area contributed by atoms with Crippen LogP contribution in [0.5, 0.6) is 0 Å². The fraction of sp³-hybridized carbons (Fsp3) is 0.526. The van der Waals surface area contributed by atoms with Crippen molar-refractivity contribution in [3.8, 4) is 0 Å². The lowest BCUT2D eigenvalue weighted by Gasteiger charge is -2.23. The Morgan fingerprint density at radius 1 is 1.11 bits per heavy atom. The van der Waals surface area contributed by atoms with Gasteiger partial charge in [-0.1, -0.05) is 12.1 Å². The molecule has 1 aromatic carbocycles. The minimum Gasteiger partial charge on any atom is -0.302 e. The van der Waals surface area contributed by atoms with Gasteiger partial charge in [-0.25, -0.2) is 8.42 Å². The molecule has 0 aliphatic carbocycles. The Hall–Kier alpha value is -1.35. The summed E-state index contributed by atoms with van der Waals surface area (Å²) in [5.74, 6) is 0.746. The molecule has 0 bridgehead atoms. The lowest BCUT2D eigenvalue weighted by atomic mass is 10.2. The number of pyridine rings is 1. The Morgan fingerprint density at radius 2 is 1.93 bits per heavy atom. The van der Waals surface area contributed by atoms with Crippen LogP contribution in [0, 0.1) is 0 Å². The molecule has 1 aliphatic rings. The average Bonchev–Trinajstić information content (AvgIpc) is 2.86. The van der Waals surface area contributed by atoms with Gasteiger partial charge in [0.05, 0.1) is 4.90 Å². The highest BCUT2D eigenvalue weighted by atomic mass is 32.2. The summed E-state index contributed by atoms with van der Waals surface area (Å²) in [7, 11) is -5.53. The van der Waals surface area contributed by atoms with Crippen LogP contribution in [0.2, 0.25) is 0 Å². The first-order chi connectivity index (χ1) is 12.8. The molecule has 2 aromatic rings. The summed E-state index contributed by atoms with van der Waals surface area (Å²) in [6.07, 6.45) is 8.67. The molecule has 0 atom stereocenters. The third-order valence-electron chi connectivity index (χ3n) is 4.98. The highest BCUT2D eigenvalue weighted by Crippen LogP contribution is 2.25. The van der Waals surface area contributed by atoms with Gasteiger partial charge in [-0.15, -0.1) is 9.93 Å². The number of rotatable bonds is 6. The van der Waals surface area contributed by atoms with Crippen molar-refractivity contribution >= 4 is 30.7 Å². The van der Waals surface area contributed by atoms with Crippen LogP contribution in [-0.2, 0) is 20.0 Å². The normalized spacial score (nSPS) is 18.4. The van der Waals surface area contributed by atoms with Crippen molar-refractivity contribution in [3.63, 3.8) is 0 Å². The molecule has 27 heavy (non-hydrogen) atoms. The molecule has 1 fully saturated rings. The van der Waals surface area contributed by atoms with Crippen LogP contribution in [0.4, 0.5) is 0 Å². The topological polar surface area (TPSA) is 70.6 Å².